The van der Waals surface area contributed by atoms with Crippen LogP contribution in [0.5, 0.6) is 5.75 Å². The Balaban J connectivity index is 2.02. The van der Waals surface area contributed by atoms with Crippen molar-refractivity contribution >= 4 is 0 Å². The van der Waals surface area contributed by atoms with Gasteiger partial charge in [-0.1, -0.05) is 17.7 Å². The van der Waals surface area contributed by atoms with E-state index in [2.05, 4.69) is 12.0 Å². The average molecular weight is 216 g/mol. The first-order valence-electron chi connectivity index (χ1n) is 5.34. The zero-order valence-electron chi connectivity index (χ0n) is 9.90. The first kappa shape index (κ1) is 10.7. The molecule has 0 radical (unpaired) electrons. The molecule has 0 saturated heterocycles. The second-order valence-electron chi connectivity index (χ2n) is 4.00. The minimum Gasteiger partial charge on any atom is -0.487 e. The van der Waals surface area contributed by atoms with Gasteiger partial charge in [0.2, 0.25) is 0 Å². The SMILES string of the molecule is Cc1ccc(OCc2cc(C)nn2C)cc1. The van der Waals surface area contributed by atoms with E-state index in [4.69, 9.17) is 4.74 Å². The molecular weight excluding hydrogens is 200 g/mol. The zero-order chi connectivity index (χ0) is 11.5. The Hall–Kier alpha value is -1.77. The molecule has 16 heavy (non-hydrogen) atoms. The maximum Gasteiger partial charge on any atom is 0.130 e. The van der Waals surface area contributed by atoms with Gasteiger partial charge in [-0.2, -0.15) is 5.10 Å². The van der Waals surface area contributed by atoms with Gasteiger partial charge in [0.1, 0.15) is 12.4 Å². The van der Waals surface area contributed by atoms with Gasteiger partial charge in [-0.15, -0.1) is 0 Å². The number of rotatable bonds is 3. The summed E-state index contributed by atoms with van der Waals surface area (Å²) in [4.78, 5) is 0. The fourth-order valence-corrected chi connectivity index (χ4v) is 1.59. The fourth-order valence-electron chi connectivity index (χ4n) is 1.59. The molecule has 2 aromatic rings. The quantitative estimate of drug-likeness (QED) is 0.788. The summed E-state index contributed by atoms with van der Waals surface area (Å²) in [5.74, 6) is 0.893. The van der Waals surface area contributed by atoms with E-state index in [1.165, 1.54) is 5.56 Å². The standard InChI is InChI=1S/C13H16N2O/c1-10-4-6-13(7-5-10)16-9-12-8-11(2)14-15(12)3/h4-8H,9H2,1-3H3. The number of aromatic nitrogens is 2. The number of ether oxygens (including phenoxy) is 1. The predicted octanol–water partition coefficient (Wildman–Crippen LogP) is 2.62. The third kappa shape index (κ3) is 2.42. The van der Waals surface area contributed by atoms with Crippen LogP contribution in [0, 0.1) is 13.8 Å². The molecule has 0 fully saturated rings. The summed E-state index contributed by atoms with van der Waals surface area (Å²) in [6, 6.07) is 10.1. The summed E-state index contributed by atoms with van der Waals surface area (Å²) < 4.78 is 7.53. The van der Waals surface area contributed by atoms with Crippen molar-refractivity contribution in [1.82, 2.24) is 9.78 Å². The van der Waals surface area contributed by atoms with E-state index in [1.807, 2.05) is 49.0 Å². The topological polar surface area (TPSA) is 27.1 Å². The van der Waals surface area contributed by atoms with Gasteiger partial charge in [-0.25, -0.2) is 0 Å². The summed E-state index contributed by atoms with van der Waals surface area (Å²) in [6.45, 7) is 4.60. The normalized spacial score (nSPS) is 10.4. The molecule has 0 unspecified atom stereocenters. The summed E-state index contributed by atoms with van der Waals surface area (Å²) >= 11 is 0. The summed E-state index contributed by atoms with van der Waals surface area (Å²) in [5.41, 5.74) is 3.34. The molecule has 0 aliphatic rings. The number of hydrogen-bond acceptors (Lipinski definition) is 2. The van der Waals surface area contributed by atoms with Crippen LogP contribution in [-0.2, 0) is 13.7 Å². The van der Waals surface area contributed by atoms with Crippen LogP contribution < -0.4 is 4.74 Å². The Morgan fingerprint density at radius 2 is 1.88 bits per heavy atom. The Kier molecular flexibility index (Phi) is 2.95. The van der Waals surface area contributed by atoms with Crippen LogP contribution in [-0.4, -0.2) is 9.78 Å². The van der Waals surface area contributed by atoms with Crippen molar-refractivity contribution in [2.24, 2.45) is 7.05 Å². The highest BCUT2D eigenvalue weighted by atomic mass is 16.5. The van der Waals surface area contributed by atoms with Crippen molar-refractivity contribution in [2.45, 2.75) is 20.5 Å². The first-order chi connectivity index (χ1) is 7.65. The van der Waals surface area contributed by atoms with Gasteiger partial charge < -0.3 is 4.74 Å². The molecule has 1 aromatic carbocycles. The molecule has 1 heterocycles. The highest BCUT2D eigenvalue weighted by Crippen LogP contribution is 2.13. The zero-order valence-corrected chi connectivity index (χ0v) is 9.90. The van der Waals surface area contributed by atoms with Crippen LogP contribution in [0.25, 0.3) is 0 Å². The molecule has 0 amide bonds. The molecule has 0 saturated carbocycles. The summed E-state index contributed by atoms with van der Waals surface area (Å²) in [6.07, 6.45) is 0. The molecule has 2 rings (SSSR count). The van der Waals surface area contributed by atoms with Gasteiger partial charge in [0.05, 0.1) is 11.4 Å². The highest BCUT2D eigenvalue weighted by Gasteiger charge is 2.02. The Morgan fingerprint density at radius 1 is 1.19 bits per heavy atom. The van der Waals surface area contributed by atoms with Gasteiger partial charge in [0.25, 0.3) is 0 Å². The molecule has 1 aromatic heterocycles. The molecule has 0 N–H and O–H groups in total. The van der Waals surface area contributed by atoms with E-state index in [1.54, 1.807) is 0 Å². The molecule has 0 aliphatic heterocycles. The maximum absolute atomic E-state index is 5.68. The molecular formula is C13H16N2O. The molecule has 0 spiro atoms. The number of hydrogen-bond donors (Lipinski definition) is 0. The maximum atomic E-state index is 5.68. The predicted molar refractivity (Wildman–Crippen MR) is 63.5 cm³/mol. The fraction of sp³-hybridized carbons (Fsp3) is 0.308. The Bertz CT molecular complexity index is 471. The van der Waals surface area contributed by atoms with Crippen molar-refractivity contribution in [1.29, 1.82) is 0 Å². The van der Waals surface area contributed by atoms with Crippen LogP contribution in [0.1, 0.15) is 17.0 Å². The van der Waals surface area contributed by atoms with E-state index >= 15 is 0 Å². The van der Waals surface area contributed by atoms with Crippen LogP contribution in [0.3, 0.4) is 0 Å². The highest BCUT2D eigenvalue weighted by molar-refractivity contribution is 5.26. The van der Waals surface area contributed by atoms with Gasteiger partial charge in [-0.05, 0) is 32.0 Å². The molecule has 0 atom stereocenters. The third-order valence-electron chi connectivity index (χ3n) is 2.51. The lowest BCUT2D eigenvalue weighted by molar-refractivity contribution is 0.295. The Labute approximate surface area is 95.7 Å². The molecule has 0 bridgehead atoms. The molecule has 3 nitrogen and oxygen atoms in total. The minimum absolute atomic E-state index is 0.556. The van der Waals surface area contributed by atoms with Crippen LogP contribution in [0.4, 0.5) is 0 Å². The van der Waals surface area contributed by atoms with E-state index < -0.39 is 0 Å². The third-order valence-corrected chi connectivity index (χ3v) is 2.51. The smallest absolute Gasteiger partial charge is 0.130 e. The monoisotopic (exact) mass is 216 g/mol. The summed E-state index contributed by atoms with van der Waals surface area (Å²) in [7, 11) is 1.93. The second kappa shape index (κ2) is 4.39. The number of benzene rings is 1. The molecule has 0 aliphatic carbocycles. The first-order valence-corrected chi connectivity index (χ1v) is 5.34. The molecule has 3 heteroatoms. The van der Waals surface area contributed by atoms with E-state index in [0.29, 0.717) is 6.61 Å². The van der Waals surface area contributed by atoms with Crippen molar-refractivity contribution < 1.29 is 4.74 Å². The van der Waals surface area contributed by atoms with E-state index in [9.17, 15) is 0 Å². The Morgan fingerprint density at radius 3 is 2.44 bits per heavy atom. The van der Waals surface area contributed by atoms with E-state index in [-0.39, 0.29) is 0 Å². The van der Waals surface area contributed by atoms with Gasteiger partial charge >= 0.3 is 0 Å². The van der Waals surface area contributed by atoms with Crippen molar-refractivity contribution in [3.8, 4) is 5.75 Å². The van der Waals surface area contributed by atoms with Crippen molar-refractivity contribution in [3.05, 3.63) is 47.3 Å². The van der Waals surface area contributed by atoms with E-state index in [0.717, 1.165) is 17.1 Å². The second-order valence-corrected chi connectivity index (χ2v) is 4.00. The lowest BCUT2D eigenvalue weighted by atomic mass is 10.2. The lowest BCUT2D eigenvalue weighted by Crippen LogP contribution is -2.02. The van der Waals surface area contributed by atoms with Crippen LogP contribution >= 0.6 is 0 Å². The van der Waals surface area contributed by atoms with Gasteiger partial charge in [0, 0.05) is 7.05 Å². The van der Waals surface area contributed by atoms with Crippen LogP contribution in [0.15, 0.2) is 30.3 Å². The number of nitrogens with zero attached hydrogens (tertiary/aromatic N) is 2. The minimum atomic E-state index is 0.556. The summed E-state index contributed by atoms with van der Waals surface area (Å²) in [5, 5.41) is 4.27. The molecule has 84 valence electrons. The van der Waals surface area contributed by atoms with Gasteiger partial charge in [0.15, 0.2) is 0 Å². The largest absolute Gasteiger partial charge is 0.487 e. The number of aryl methyl sites for hydroxylation is 3. The van der Waals surface area contributed by atoms with Crippen molar-refractivity contribution in [2.75, 3.05) is 0 Å². The van der Waals surface area contributed by atoms with Gasteiger partial charge in [-0.3, -0.25) is 4.68 Å². The average Bonchev–Trinajstić information content (AvgIpc) is 2.57. The van der Waals surface area contributed by atoms with Crippen molar-refractivity contribution in [3.63, 3.8) is 0 Å². The lowest BCUT2D eigenvalue weighted by Gasteiger charge is -2.06. The van der Waals surface area contributed by atoms with Crippen LogP contribution in [0.2, 0.25) is 0 Å².